The van der Waals surface area contributed by atoms with E-state index >= 15 is 0 Å². The van der Waals surface area contributed by atoms with Crippen LogP contribution in [0.2, 0.25) is 0 Å². The summed E-state index contributed by atoms with van der Waals surface area (Å²) in [5.41, 5.74) is 0. The van der Waals surface area contributed by atoms with Crippen LogP contribution in [0.1, 0.15) is 88.0 Å². The van der Waals surface area contributed by atoms with Crippen LogP contribution in [-0.4, -0.2) is 367 Å². The van der Waals surface area contributed by atoms with E-state index in [0.29, 0.717) is 112 Å². The van der Waals surface area contributed by atoms with Gasteiger partial charge in [-0.3, -0.25) is 41.1 Å². The standard InChI is InChI=1S/C8H19O6P.C8H19O5P.C7H17O6P.C7H17O5P.C5H13O5P.C5H13O4P.C5H11O3P.C5H13O3P.C4H9O3P.C4H10O.C3H8O.CH4/c1-11-5-6-12-7-8-14-15(2,10)13-4-3-9;1-4-12-14(3,9)13-8-7-11-6-5-10-2;1-14(10,12-5-3-9)13-7-6-11-4-2-8;1-3-11-13(2,9)12-7-6-10-5-4-8;1-11(8,9-4-2-6)10-5-3-7;1-3-8-10(2,7)9-5-4-6;1-9(6)7-4-2-3-5-8-9;1-4-7-9(3,6)8-5-2;1-8(5)6-3-2-4-7-8;1-3-4-5-2;1-2-3-4;/h9H,3-8H2,1-2H3;4-8H2,1-3H3;8-9H,2-7H2,1H3;8H,3-7H2,1-2H3;6-7H,2-5H2,1H3;6H,3-5H2,1-2H3;2-5H2,1H3;4-5H2,1-3H3;2-4H2,1H3;3-4H2,1-2H3;4H,2-3H2,1H3;1H4. The Morgan fingerprint density at radius 1 is 0.257 bits per heavy atom. The lowest BCUT2D eigenvalue weighted by molar-refractivity contribution is 0.0502. The molecule has 0 saturated carbocycles. The number of hydrogen-bond donors (Lipinski definition) is 8. The second-order valence-electron chi connectivity index (χ2n) is 21.1. The maximum absolute atomic E-state index is 11.4. The minimum absolute atomic E-state index is 0. The third-order valence-electron chi connectivity index (χ3n) is 10.2. The summed E-state index contributed by atoms with van der Waals surface area (Å²) in [4.78, 5) is 0. The molecule has 698 valence electrons. The number of rotatable bonds is 54. The van der Waals surface area contributed by atoms with Crippen molar-refractivity contribution in [2.75, 3.05) is 326 Å². The van der Waals surface area contributed by atoms with E-state index < -0.39 is 68.4 Å². The number of aliphatic hydroxyl groups is 8. The molecule has 0 radical (unpaired) electrons. The molecule has 5 unspecified atom stereocenters. The highest BCUT2D eigenvalue weighted by molar-refractivity contribution is 7.55. The van der Waals surface area contributed by atoms with Crippen molar-refractivity contribution >= 4 is 68.4 Å². The minimum Gasteiger partial charge on any atom is -0.396 e. The van der Waals surface area contributed by atoms with Crippen molar-refractivity contribution in [3.63, 3.8) is 0 Å². The molecule has 0 aromatic heterocycles. The molecule has 42 nitrogen and oxygen atoms in total. The first-order valence-electron chi connectivity index (χ1n) is 36.0. The Balaban J connectivity index is -0.000000131. The number of hydrogen-bond acceptors (Lipinski definition) is 42. The molecular formula is C62H153O42P9. The van der Waals surface area contributed by atoms with Crippen LogP contribution < -0.4 is 0 Å². The van der Waals surface area contributed by atoms with Crippen LogP contribution in [0.15, 0.2) is 0 Å². The molecule has 113 heavy (non-hydrogen) atoms. The van der Waals surface area contributed by atoms with E-state index in [2.05, 4.69) is 16.0 Å². The van der Waals surface area contributed by atoms with E-state index in [1.165, 1.54) is 60.0 Å². The van der Waals surface area contributed by atoms with E-state index in [9.17, 15) is 41.1 Å². The molecule has 5 atom stereocenters. The topological polar surface area (TPSA) is 546 Å². The molecule has 0 aliphatic carbocycles. The highest BCUT2D eigenvalue weighted by Crippen LogP contribution is 2.49. The van der Waals surface area contributed by atoms with Gasteiger partial charge in [0, 0.05) is 94.5 Å². The molecule has 0 aromatic rings. The lowest BCUT2D eigenvalue weighted by atomic mass is 10.3. The smallest absolute Gasteiger partial charge is 0.327 e. The molecule has 0 amide bonds. The predicted molar refractivity (Wildman–Crippen MR) is 434 cm³/mol. The fraction of sp³-hybridized carbons (Fsp3) is 1.00. The zero-order valence-corrected chi connectivity index (χ0v) is 78.2. The molecule has 0 spiro atoms. The van der Waals surface area contributed by atoms with E-state index in [-0.39, 0.29) is 133 Å². The molecule has 8 N–H and O–H groups in total. The average Bonchev–Trinajstić information content (AvgIpc) is 1.26. The van der Waals surface area contributed by atoms with E-state index in [1.54, 1.807) is 55.9 Å². The largest absolute Gasteiger partial charge is 0.396 e. The zero-order valence-electron chi connectivity index (χ0n) is 70.2. The normalized spacial score (nSPS) is 16.0. The average molecular weight is 1850 g/mol. The van der Waals surface area contributed by atoms with Crippen molar-refractivity contribution < 1.29 is 197 Å². The van der Waals surface area contributed by atoms with Gasteiger partial charge in [0.2, 0.25) is 0 Å². The zero-order chi connectivity index (χ0) is 87.9. The Kier molecular flexibility index (Phi) is 113. The Hall–Kier alpha value is 0.750. The number of methoxy groups -OCH3 is 3. The lowest BCUT2D eigenvalue weighted by Gasteiger charge is -2.18. The Labute approximate surface area is 675 Å². The summed E-state index contributed by atoms with van der Waals surface area (Å²) in [5.74, 6) is 0. The molecule has 2 saturated heterocycles. The van der Waals surface area contributed by atoms with Gasteiger partial charge in [-0.05, 0) is 66.7 Å². The van der Waals surface area contributed by atoms with Gasteiger partial charge in [-0.25, -0.2) is 0 Å². The van der Waals surface area contributed by atoms with Crippen LogP contribution in [0.4, 0.5) is 0 Å². The molecule has 51 heteroatoms. The van der Waals surface area contributed by atoms with Crippen LogP contribution in [0.25, 0.3) is 0 Å². The molecule has 0 bridgehead atoms. The number of ether oxygens (including phenoxy) is 7. The summed E-state index contributed by atoms with van der Waals surface area (Å²) in [6.07, 6.45) is 4.77. The van der Waals surface area contributed by atoms with E-state index in [0.717, 1.165) is 38.7 Å². The molecular weight excluding hydrogens is 1700 g/mol. The van der Waals surface area contributed by atoms with Crippen LogP contribution >= 0.6 is 68.4 Å². The third kappa shape index (κ3) is 128. The van der Waals surface area contributed by atoms with Gasteiger partial charge in [0.05, 0.1) is 231 Å². The third-order valence-corrected chi connectivity index (χ3v) is 22.3. The van der Waals surface area contributed by atoms with Gasteiger partial charge < -0.3 is 155 Å². The van der Waals surface area contributed by atoms with Gasteiger partial charge >= 0.3 is 68.4 Å². The lowest BCUT2D eigenvalue weighted by Crippen LogP contribution is -2.08. The highest BCUT2D eigenvalue weighted by atomic mass is 31.2. The number of aliphatic hydroxyl groups excluding tert-OH is 8. The summed E-state index contributed by atoms with van der Waals surface area (Å²) in [7, 11) is -20.8. The first-order valence-corrected chi connectivity index (χ1v) is 53.9. The summed E-state index contributed by atoms with van der Waals surface area (Å²) >= 11 is 0. The molecule has 2 aliphatic rings. The fourth-order valence-corrected chi connectivity index (χ4v) is 14.3. The van der Waals surface area contributed by atoms with Gasteiger partial charge in [-0.2, -0.15) is 0 Å². The van der Waals surface area contributed by atoms with Gasteiger partial charge in [0.15, 0.2) is 0 Å². The van der Waals surface area contributed by atoms with Crippen molar-refractivity contribution in [3.05, 3.63) is 0 Å². The van der Waals surface area contributed by atoms with Crippen LogP contribution in [0.5, 0.6) is 0 Å². The van der Waals surface area contributed by atoms with Gasteiger partial charge in [-0.1, -0.05) is 21.3 Å². The van der Waals surface area contributed by atoms with Crippen molar-refractivity contribution in [2.24, 2.45) is 0 Å². The maximum atomic E-state index is 11.4. The molecule has 0 aromatic carbocycles. The van der Waals surface area contributed by atoms with Gasteiger partial charge in [0.1, 0.15) is 0 Å². The maximum Gasteiger partial charge on any atom is 0.327 e. The highest BCUT2D eigenvalue weighted by Gasteiger charge is 2.23. The van der Waals surface area contributed by atoms with Crippen LogP contribution in [0.3, 0.4) is 0 Å². The Bertz CT molecular complexity index is 2330. The van der Waals surface area contributed by atoms with E-state index in [1.807, 2.05) is 6.92 Å². The Morgan fingerprint density at radius 2 is 0.434 bits per heavy atom. The Morgan fingerprint density at radius 3 is 0.602 bits per heavy atom. The first kappa shape index (κ1) is 134. The SMILES string of the molecule is C.CCCO.CCCOC.CCOP(C)(=O)OCC.CCOP(C)(=O)OCCO.CCOP(C)(=O)OCCOCCO.CCOP(C)(=O)OCCOCCOC.COCCOCCOP(C)(=O)OCCO.CP(=O)(OCCO)OCCO.CP(=O)(OCCO)OCCOCCO.CP1(=O)OCCCCO1.CP1(=O)OCCCO1. The molecule has 2 fully saturated rings. The van der Waals surface area contributed by atoms with Crippen molar-refractivity contribution in [3.8, 4) is 0 Å². The molecule has 2 aliphatic heterocycles. The first-order chi connectivity index (χ1) is 52.6. The predicted octanol–water partition coefficient (Wildman–Crippen LogP) is 10.3. The van der Waals surface area contributed by atoms with Crippen LogP contribution in [-0.2, 0) is 156 Å². The van der Waals surface area contributed by atoms with Crippen LogP contribution in [0, 0.1) is 0 Å². The second kappa shape index (κ2) is 95.0. The summed E-state index contributed by atoms with van der Waals surface area (Å²) in [6.45, 7) is 34.8. The molecule has 2 heterocycles. The summed E-state index contributed by atoms with van der Waals surface area (Å²) in [5, 5.41) is 66.4. The second-order valence-corrected chi connectivity index (χ2v) is 39.7. The van der Waals surface area contributed by atoms with Crippen molar-refractivity contribution in [1.82, 2.24) is 0 Å². The quantitative estimate of drug-likeness (QED) is 0.0207. The van der Waals surface area contributed by atoms with Gasteiger partial charge in [-0.15, -0.1) is 0 Å². The minimum atomic E-state index is -3.06. The monoisotopic (exact) mass is 1850 g/mol. The van der Waals surface area contributed by atoms with Crippen molar-refractivity contribution in [1.29, 1.82) is 0 Å². The van der Waals surface area contributed by atoms with Crippen molar-refractivity contribution in [2.45, 2.75) is 88.0 Å². The van der Waals surface area contributed by atoms with E-state index in [4.69, 9.17) is 146 Å². The van der Waals surface area contributed by atoms with Gasteiger partial charge in [0.25, 0.3) is 0 Å². The summed E-state index contributed by atoms with van der Waals surface area (Å²) in [6, 6.07) is 0. The molecule has 2 rings (SSSR count). The summed E-state index contributed by atoms with van der Waals surface area (Å²) < 4.78 is 222. The fourth-order valence-electron chi connectivity index (χ4n) is 5.80.